The van der Waals surface area contributed by atoms with Crippen molar-refractivity contribution in [1.82, 2.24) is 0 Å². The van der Waals surface area contributed by atoms with Crippen LogP contribution in [0.15, 0.2) is 0 Å². The zero-order valence-electron chi connectivity index (χ0n) is 12.0. The first-order valence-corrected chi connectivity index (χ1v) is 7.13. The molecule has 4 nitrogen and oxygen atoms in total. The molecule has 2 N–H and O–H groups in total. The third kappa shape index (κ3) is 6.14. The predicted octanol–water partition coefficient (Wildman–Crippen LogP) is 1.96. The molecule has 1 aliphatic carbocycles. The fraction of sp³-hybridized carbons (Fsp3) is 1.00. The van der Waals surface area contributed by atoms with Gasteiger partial charge in [0.1, 0.15) is 0 Å². The Hall–Kier alpha value is -0.160. The molecule has 2 atom stereocenters. The van der Waals surface area contributed by atoms with E-state index in [1.165, 1.54) is 12.8 Å². The van der Waals surface area contributed by atoms with Crippen LogP contribution in [0.25, 0.3) is 0 Å². The second kappa shape index (κ2) is 8.86. The molecule has 0 aromatic rings. The Bertz CT molecular complexity index is 213. The third-order valence-corrected chi connectivity index (χ3v) is 3.87. The first kappa shape index (κ1) is 15.9. The standard InChI is InChI=1S/C14H29NO3/c1-3-13-4-5-14(15,12-13)6-7-17-10-11-18-9-8-16-2/h13H,3-12,15H2,1-2H3. The van der Waals surface area contributed by atoms with Gasteiger partial charge in [0, 0.05) is 19.3 Å². The lowest BCUT2D eigenvalue weighted by molar-refractivity contribution is 0.0208. The lowest BCUT2D eigenvalue weighted by Gasteiger charge is -2.24. The Labute approximate surface area is 111 Å². The van der Waals surface area contributed by atoms with Gasteiger partial charge in [0.25, 0.3) is 0 Å². The molecule has 1 fully saturated rings. The van der Waals surface area contributed by atoms with Gasteiger partial charge in [0.2, 0.25) is 0 Å². The molecule has 4 heteroatoms. The van der Waals surface area contributed by atoms with E-state index < -0.39 is 0 Å². The summed E-state index contributed by atoms with van der Waals surface area (Å²) in [4.78, 5) is 0. The fourth-order valence-corrected chi connectivity index (χ4v) is 2.59. The van der Waals surface area contributed by atoms with E-state index in [1.54, 1.807) is 7.11 Å². The van der Waals surface area contributed by atoms with Gasteiger partial charge in [0.05, 0.1) is 26.4 Å². The Balaban J connectivity index is 1.94. The van der Waals surface area contributed by atoms with Gasteiger partial charge in [-0.15, -0.1) is 0 Å². The van der Waals surface area contributed by atoms with Gasteiger partial charge in [-0.1, -0.05) is 13.3 Å². The van der Waals surface area contributed by atoms with E-state index in [0.29, 0.717) is 26.4 Å². The normalized spacial score (nSPS) is 27.8. The summed E-state index contributed by atoms with van der Waals surface area (Å²) < 4.78 is 15.8. The summed E-state index contributed by atoms with van der Waals surface area (Å²) in [6.45, 7) is 5.57. The Morgan fingerprint density at radius 1 is 1.11 bits per heavy atom. The molecule has 1 aliphatic rings. The molecule has 1 saturated carbocycles. The number of methoxy groups -OCH3 is 1. The highest BCUT2D eigenvalue weighted by atomic mass is 16.5. The van der Waals surface area contributed by atoms with Crippen LogP contribution >= 0.6 is 0 Å². The molecular weight excluding hydrogens is 230 g/mol. The maximum Gasteiger partial charge on any atom is 0.0701 e. The molecule has 0 heterocycles. The van der Waals surface area contributed by atoms with Gasteiger partial charge in [0.15, 0.2) is 0 Å². The monoisotopic (exact) mass is 259 g/mol. The first-order valence-electron chi connectivity index (χ1n) is 7.13. The molecule has 2 unspecified atom stereocenters. The lowest BCUT2D eigenvalue weighted by atomic mass is 9.93. The Morgan fingerprint density at radius 2 is 1.78 bits per heavy atom. The van der Waals surface area contributed by atoms with Crippen molar-refractivity contribution in [3.63, 3.8) is 0 Å². The van der Waals surface area contributed by atoms with E-state index in [1.807, 2.05) is 0 Å². The van der Waals surface area contributed by atoms with E-state index in [-0.39, 0.29) is 5.54 Å². The van der Waals surface area contributed by atoms with Gasteiger partial charge in [-0.05, 0) is 31.6 Å². The largest absolute Gasteiger partial charge is 0.382 e. The van der Waals surface area contributed by atoms with E-state index in [2.05, 4.69) is 6.92 Å². The molecule has 0 aromatic heterocycles. The summed E-state index contributed by atoms with van der Waals surface area (Å²) in [6, 6.07) is 0. The molecule has 0 spiro atoms. The average molecular weight is 259 g/mol. The number of hydrogen-bond donors (Lipinski definition) is 1. The Kier molecular flexibility index (Phi) is 7.82. The highest BCUT2D eigenvalue weighted by Gasteiger charge is 2.34. The maximum absolute atomic E-state index is 6.38. The van der Waals surface area contributed by atoms with Crippen molar-refractivity contribution in [1.29, 1.82) is 0 Å². The number of ether oxygens (including phenoxy) is 3. The molecule has 0 saturated heterocycles. The fourth-order valence-electron chi connectivity index (χ4n) is 2.59. The smallest absolute Gasteiger partial charge is 0.0701 e. The molecule has 18 heavy (non-hydrogen) atoms. The van der Waals surface area contributed by atoms with Crippen LogP contribution in [0, 0.1) is 5.92 Å². The highest BCUT2D eigenvalue weighted by molar-refractivity contribution is 4.92. The van der Waals surface area contributed by atoms with Crippen molar-refractivity contribution >= 4 is 0 Å². The minimum absolute atomic E-state index is 0.0254. The topological polar surface area (TPSA) is 53.7 Å². The van der Waals surface area contributed by atoms with Crippen molar-refractivity contribution in [2.45, 2.75) is 44.6 Å². The molecular formula is C14H29NO3. The van der Waals surface area contributed by atoms with E-state index >= 15 is 0 Å². The van der Waals surface area contributed by atoms with E-state index in [4.69, 9.17) is 19.9 Å². The highest BCUT2D eigenvalue weighted by Crippen LogP contribution is 2.36. The van der Waals surface area contributed by atoms with Gasteiger partial charge in [-0.25, -0.2) is 0 Å². The van der Waals surface area contributed by atoms with Crippen LogP contribution in [0.2, 0.25) is 0 Å². The Morgan fingerprint density at radius 3 is 2.39 bits per heavy atom. The van der Waals surface area contributed by atoms with E-state index in [0.717, 1.165) is 31.8 Å². The second-order valence-corrected chi connectivity index (χ2v) is 5.35. The molecule has 0 aliphatic heterocycles. The summed E-state index contributed by atoms with van der Waals surface area (Å²) in [6.07, 6.45) is 5.83. The molecule has 0 aromatic carbocycles. The minimum atomic E-state index is 0.0254. The van der Waals surface area contributed by atoms with E-state index in [9.17, 15) is 0 Å². The van der Waals surface area contributed by atoms with Crippen LogP contribution in [0.5, 0.6) is 0 Å². The molecule has 0 amide bonds. The quantitative estimate of drug-likeness (QED) is 0.609. The zero-order valence-corrected chi connectivity index (χ0v) is 12.0. The SMILES string of the molecule is CCC1CCC(N)(CCOCCOCCOC)C1. The number of nitrogens with two attached hydrogens (primary N) is 1. The molecule has 0 bridgehead atoms. The molecule has 108 valence electrons. The van der Waals surface area contributed by atoms with Gasteiger partial charge < -0.3 is 19.9 Å². The van der Waals surface area contributed by atoms with Gasteiger partial charge in [-0.2, -0.15) is 0 Å². The molecule has 1 rings (SSSR count). The first-order chi connectivity index (χ1) is 8.70. The summed E-state index contributed by atoms with van der Waals surface area (Å²) in [5.41, 5.74) is 6.40. The number of rotatable bonds is 10. The third-order valence-electron chi connectivity index (χ3n) is 3.87. The van der Waals surface area contributed by atoms with Crippen LogP contribution < -0.4 is 5.73 Å². The van der Waals surface area contributed by atoms with Crippen molar-refractivity contribution in [3.8, 4) is 0 Å². The van der Waals surface area contributed by atoms with Crippen molar-refractivity contribution in [3.05, 3.63) is 0 Å². The summed E-state index contributed by atoms with van der Waals surface area (Å²) >= 11 is 0. The van der Waals surface area contributed by atoms with Crippen molar-refractivity contribution < 1.29 is 14.2 Å². The average Bonchev–Trinajstić information content (AvgIpc) is 2.75. The maximum atomic E-state index is 6.38. The van der Waals surface area contributed by atoms with Crippen LogP contribution in [0.4, 0.5) is 0 Å². The van der Waals surface area contributed by atoms with Crippen LogP contribution in [-0.4, -0.2) is 45.7 Å². The summed E-state index contributed by atoms with van der Waals surface area (Å²) in [5, 5.41) is 0. The van der Waals surface area contributed by atoms with Gasteiger partial charge >= 0.3 is 0 Å². The summed E-state index contributed by atoms with van der Waals surface area (Å²) in [7, 11) is 1.67. The van der Waals surface area contributed by atoms with Gasteiger partial charge in [-0.3, -0.25) is 0 Å². The second-order valence-electron chi connectivity index (χ2n) is 5.35. The zero-order chi connectivity index (χ0) is 13.3. The number of hydrogen-bond acceptors (Lipinski definition) is 4. The summed E-state index contributed by atoms with van der Waals surface area (Å²) in [5.74, 6) is 0.826. The van der Waals surface area contributed by atoms with Crippen LogP contribution in [0.1, 0.15) is 39.0 Å². The van der Waals surface area contributed by atoms with Crippen molar-refractivity contribution in [2.24, 2.45) is 11.7 Å². The molecule has 0 radical (unpaired) electrons. The minimum Gasteiger partial charge on any atom is -0.382 e. The van der Waals surface area contributed by atoms with Crippen LogP contribution in [-0.2, 0) is 14.2 Å². The lowest BCUT2D eigenvalue weighted by Crippen LogP contribution is -2.38. The van der Waals surface area contributed by atoms with Crippen LogP contribution in [0.3, 0.4) is 0 Å². The predicted molar refractivity (Wildman–Crippen MR) is 72.7 cm³/mol. The van der Waals surface area contributed by atoms with Crippen molar-refractivity contribution in [2.75, 3.05) is 40.1 Å².